The molecule has 0 atom stereocenters. The van der Waals surface area contributed by atoms with Gasteiger partial charge in [0.2, 0.25) is 0 Å². The lowest BCUT2D eigenvalue weighted by molar-refractivity contribution is -0.385. The number of anilines is 1. The first-order chi connectivity index (χ1) is 11.4. The van der Waals surface area contributed by atoms with E-state index in [1.54, 1.807) is 30.0 Å². The zero-order valence-corrected chi connectivity index (χ0v) is 13.9. The number of hydrogen-bond acceptors (Lipinski definition) is 6. The molecule has 1 aliphatic heterocycles. The second-order valence-electron chi connectivity index (χ2n) is 5.35. The molecule has 7 nitrogen and oxygen atoms in total. The molecule has 0 fully saturated rings. The molecule has 0 saturated heterocycles. The zero-order chi connectivity index (χ0) is 17.4. The maximum atomic E-state index is 12.7. The van der Waals surface area contributed by atoms with Crippen molar-refractivity contribution < 1.29 is 19.2 Å². The molecule has 0 spiro atoms. The van der Waals surface area contributed by atoms with Gasteiger partial charge in [-0.1, -0.05) is 0 Å². The average Bonchev–Trinajstić information content (AvgIpc) is 3.16. The van der Waals surface area contributed by atoms with E-state index in [0.29, 0.717) is 28.3 Å². The second-order valence-corrected chi connectivity index (χ2v) is 6.61. The number of aryl methyl sites for hydroxylation is 1. The van der Waals surface area contributed by atoms with E-state index in [-0.39, 0.29) is 11.6 Å². The van der Waals surface area contributed by atoms with Gasteiger partial charge < -0.3 is 9.64 Å². The number of benzene rings is 1. The van der Waals surface area contributed by atoms with E-state index in [1.807, 2.05) is 0 Å². The van der Waals surface area contributed by atoms with Gasteiger partial charge in [-0.25, -0.2) is 4.79 Å². The van der Waals surface area contributed by atoms with Crippen molar-refractivity contribution in [3.63, 3.8) is 0 Å². The predicted octanol–water partition coefficient (Wildman–Crippen LogP) is 2.95. The lowest BCUT2D eigenvalue weighted by atomic mass is 10.1. The molecule has 0 bridgehead atoms. The maximum Gasteiger partial charge on any atom is 0.337 e. The Bertz CT molecular complexity index is 858. The number of esters is 1. The summed E-state index contributed by atoms with van der Waals surface area (Å²) in [6, 6.07) is 6.36. The Morgan fingerprint density at radius 2 is 2.08 bits per heavy atom. The number of nitro groups is 1. The maximum absolute atomic E-state index is 12.7. The van der Waals surface area contributed by atoms with E-state index in [9.17, 15) is 19.7 Å². The van der Waals surface area contributed by atoms with Crippen molar-refractivity contribution in [3.8, 4) is 0 Å². The van der Waals surface area contributed by atoms with Crippen LogP contribution in [0.3, 0.4) is 0 Å². The molecule has 1 aliphatic rings. The quantitative estimate of drug-likeness (QED) is 0.484. The topological polar surface area (TPSA) is 89.8 Å². The van der Waals surface area contributed by atoms with Gasteiger partial charge in [-0.15, -0.1) is 11.3 Å². The predicted molar refractivity (Wildman–Crippen MR) is 88.9 cm³/mol. The van der Waals surface area contributed by atoms with Gasteiger partial charge in [0.25, 0.3) is 11.6 Å². The van der Waals surface area contributed by atoms with E-state index >= 15 is 0 Å². The first-order valence-corrected chi connectivity index (χ1v) is 8.02. The fraction of sp³-hybridized carbons (Fsp3) is 0.250. The van der Waals surface area contributed by atoms with E-state index in [4.69, 9.17) is 4.74 Å². The van der Waals surface area contributed by atoms with Crippen LogP contribution in [-0.2, 0) is 11.2 Å². The molecule has 1 amide bonds. The standard InChI is InChI=1S/C16H14N2O5S/c1-9-13(18(21)22)8-14(24-9)15(19)17-6-5-10-7-11(16(20)23-2)3-4-12(10)17/h3-4,7-8H,5-6H2,1-2H3. The molecule has 0 saturated carbocycles. The summed E-state index contributed by atoms with van der Waals surface area (Å²) in [6.07, 6.45) is 0.623. The third kappa shape index (κ3) is 2.65. The second kappa shape index (κ2) is 6.04. The van der Waals surface area contributed by atoms with Gasteiger partial charge in [-0.2, -0.15) is 0 Å². The molecule has 0 aliphatic carbocycles. The van der Waals surface area contributed by atoms with Crippen molar-refractivity contribution in [1.82, 2.24) is 0 Å². The van der Waals surface area contributed by atoms with Crippen LogP contribution in [0.2, 0.25) is 0 Å². The van der Waals surface area contributed by atoms with Crippen molar-refractivity contribution >= 4 is 34.6 Å². The van der Waals surface area contributed by atoms with Crippen LogP contribution in [-0.4, -0.2) is 30.5 Å². The monoisotopic (exact) mass is 346 g/mol. The van der Waals surface area contributed by atoms with Gasteiger partial charge >= 0.3 is 5.97 Å². The number of amides is 1. The van der Waals surface area contributed by atoms with Crippen LogP contribution >= 0.6 is 11.3 Å². The smallest absolute Gasteiger partial charge is 0.337 e. The van der Waals surface area contributed by atoms with Crippen LogP contribution in [0.25, 0.3) is 0 Å². The number of rotatable bonds is 3. The normalized spacial score (nSPS) is 12.8. The molecule has 0 unspecified atom stereocenters. The summed E-state index contributed by atoms with van der Waals surface area (Å²) in [5, 5.41) is 11.0. The number of nitrogens with zero attached hydrogens (tertiary/aromatic N) is 2. The van der Waals surface area contributed by atoms with E-state index in [2.05, 4.69) is 0 Å². The summed E-state index contributed by atoms with van der Waals surface area (Å²) in [5.41, 5.74) is 2.01. The number of fused-ring (bicyclic) bond motifs is 1. The van der Waals surface area contributed by atoms with Gasteiger partial charge in [0.1, 0.15) is 0 Å². The van der Waals surface area contributed by atoms with Gasteiger partial charge in [0.15, 0.2) is 0 Å². The highest BCUT2D eigenvalue weighted by atomic mass is 32.1. The number of ether oxygens (including phenoxy) is 1. The van der Waals surface area contributed by atoms with Gasteiger partial charge in [0, 0.05) is 18.3 Å². The molecular formula is C16H14N2O5S. The van der Waals surface area contributed by atoms with Crippen molar-refractivity contribution in [3.05, 3.63) is 55.3 Å². The lowest BCUT2D eigenvalue weighted by Gasteiger charge is -2.16. The van der Waals surface area contributed by atoms with Crippen molar-refractivity contribution in [2.24, 2.45) is 0 Å². The van der Waals surface area contributed by atoms with Crippen molar-refractivity contribution in [2.45, 2.75) is 13.3 Å². The number of hydrogen-bond donors (Lipinski definition) is 0. The molecule has 124 valence electrons. The third-order valence-electron chi connectivity index (χ3n) is 3.94. The Balaban J connectivity index is 1.91. The van der Waals surface area contributed by atoms with Crippen LogP contribution in [0, 0.1) is 17.0 Å². The molecule has 1 aromatic heterocycles. The van der Waals surface area contributed by atoms with Gasteiger partial charge in [0.05, 0.1) is 27.4 Å². The Morgan fingerprint density at radius 3 is 2.71 bits per heavy atom. The summed E-state index contributed by atoms with van der Waals surface area (Å²) in [4.78, 5) is 37.2. The Labute approximate surface area is 141 Å². The van der Waals surface area contributed by atoms with E-state index in [1.165, 1.54) is 13.2 Å². The summed E-state index contributed by atoms with van der Waals surface area (Å²) < 4.78 is 4.70. The Kier molecular flexibility index (Phi) is 4.06. The molecular weight excluding hydrogens is 332 g/mol. The Hall–Kier alpha value is -2.74. The molecule has 2 heterocycles. The first-order valence-electron chi connectivity index (χ1n) is 7.20. The van der Waals surface area contributed by atoms with Crippen LogP contribution in [0.5, 0.6) is 0 Å². The fourth-order valence-corrected chi connectivity index (χ4v) is 3.69. The number of carbonyl (C=O) groups excluding carboxylic acids is 2. The summed E-state index contributed by atoms with van der Waals surface area (Å²) in [6.45, 7) is 2.10. The molecule has 0 radical (unpaired) electrons. The fourth-order valence-electron chi connectivity index (χ4n) is 2.75. The molecule has 8 heteroatoms. The SMILES string of the molecule is COC(=O)c1ccc2c(c1)CCN2C(=O)c1cc([N+](=O)[O-])c(C)s1. The highest BCUT2D eigenvalue weighted by Crippen LogP contribution is 2.34. The van der Waals surface area contributed by atoms with Gasteiger partial charge in [-0.3, -0.25) is 14.9 Å². The summed E-state index contributed by atoms with van der Waals surface area (Å²) in [7, 11) is 1.32. The minimum absolute atomic E-state index is 0.0381. The van der Waals surface area contributed by atoms with E-state index < -0.39 is 10.9 Å². The highest BCUT2D eigenvalue weighted by molar-refractivity contribution is 7.14. The largest absolute Gasteiger partial charge is 0.465 e. The molecule has 2 aromatic rings. The lowest BCUT2D eigenvalue weighted by Crippen LogP contribution is -2.28. The molecule has 1 aromatic carbocycles. The molecule has 0 N–H and O–H groups in total. The number of methoxy groups -OCH3 is 1. The minimum Gasteiger partial charge on any atom is -0.465 e. The number of carbonyl (C=O) groups is 2. The summed E-state index contributed by atoms with van der Waals surface area (Å²) in [5.74, 6) is -0.687. The first kappa shape index (κ1) is 16.1. The van der Waals surface area contributed by atoms with Crippen LogP contribution in [0.1, 0.15) is 30.5 Å². The zero-order valence-electron chi connectivity index (χ0n) is 13.1. The van der Waals surface area contributed by atoms with Gasteiger partial charge in [-0.05, 0) is 37.1 Å². The summed E-state index contributed by atoms with van der Waals surface area (Å²) >= 11 is 1.12. The number of thiophene rings is 1. The highest BCUT2D eigenvalue weighted by Gasteiger charge is 2.29. The van der Waals surface area contributed by atoms with Crippen LogP contribution in [0.4, 0.5) is 11.4 Å². The molecule has 24 heavy (non-hydrogen) atoms. The van der Waals surface area contributed by atoms with E-state index in [0.717, 1.165) is 22.6 Å². The van der Waals surface area contributed by atoms with Crippen molar-refractivity contribution in [1.29, 1.82) is 0 Å². The van der Waals surface area contributed by atoms with Crippen molar-refractivity contribution in [2.75, 3.05) is 18.6 Å². The minimum atomic E-state index is -0.483. The molecule has 3 rings (SSSR count). The third-order valence-corrected chi connectivity index (χ3v) is 4.97. The van der Waals surface area contributed by atoms with Crippen LogP contribution in [0.15, 0.2) is 24.3 Å². The van der Waals surface area contributed by atoms with Crippen LogP contribution < -0.4 is 4.90 Å². The average molecular weight is 346 g/mol. The Morgan fingerprint density at radius 1 is 1.33 bits per heavy atom.